The second-order valence-electron chi connectivity index (χ2n) is 17.7. The minimum Gasteiger partial charge on any atom is -0.456 e. The van der Waals surface area contributed by atoms with E-state index in [1.54, 1.807) is 83.1 Å². The molecule has 314 valence electrons. The SMILES string of the molecule is CC(=O)O[C@@]12CN[C@@H]1C[C@H](O)[C@@]1(C)C(=O)[C@H](O)C3=C(C)[C@@H](OC(=O)[C@H](O)[C@@H](NC(=O)OC(C)(C)C)c4ccccc4)C[C@@](O)([C@@H](OC(=O)c4ccccc4)[C@H]21)C3(C)C. The molecule has 11 atom stereocenters. The highest BCUT2D eigenvalue weighted by atomic mass is 16.6. The zero-order valence-electron chi connectivity index (χ0n) is 34.0. The topological polar surface area (TPSA) is 227 Å². The number of benzene rings is 2. The van der Waals surface area contributed by atoms with Crippen molar-refractivity contribution in [3.8, 4) is 0 Å². The zero-order chi connectivity index (χ0) is 42.7. The van der Waals surface area contributed by atoms with Gasteiger partial charge >= 0.3 is 24.0 Å². The number of aliphatic hydroxyl groups excluding tert-OH is 3. The first-order chi connectivity index (χ1) is 27.0. The summed E-state index contributed by atoms with van der Waals surface area (Å²) in [5.41, 5.74) is -7.88. The van der Waals surface area contributed by atoms with Crippen molar-refractivity contribution >= 4 is 29.8 Å². The number of ketones is 1. The standard InChI is InChI=1S/C43H54N2O13/c1-22-26(55-37(52)32(49)30(24-15-11-9-12-16-24)45-38(53)58-39(3,4)5)20-43(54)35(56-36(51)25-17-13-10-14-18-25)33-41(8,34(50)31(48)29(22)40(43,6)7)28(47)19-27-42(33,21-44-27)57-23(2)46/h9-18,26-28,30-33,35,44,47-49,54H,19-21H2,1-8H3,(H,45,53)/t26-,27+,28-,30-,31+,32+,33-,35-,41+,42-,43+/m0/s1. The predicted octanol–water partition coefficient (Wildman–Crippen LogP) is 2.83. The summed E-state index contributed by atoms with van der Waals surface area (Å²) in [4.78, 5) is 69.0. The van der Waals surface area contributed by atoms with Crippen LogP contribution in [0.15, 0.2) is 71.8 Å². The molecule has 1 amide bonds. The number of carbonyl (C=O) groups is 5. The first-order valence-corrected chi connectivity index (χ1v) is 19.5. The molecule has 0 aromatic heterocycles. The molecule has 1 saturated heterocycles. The number of Topliss-reactive ketones (excluding diaryl/α,β-unsaturated/α-hetero) is 1. The van der Waals surface area contributed by atoms with E-state index in [1.165, 1.54) is 32.9 Å². The second-order valence-corrected chi connectivity index (χ2v) is 17.7. The number of alkyl carbamates (subject to hydrolysis) is 1. The Labute approximate surface area is 337 Å². The fraction of sp³-hybridized carbons (Fsp3) is 0.558. The molecule has 4 aliphatic rings. The summed E-state index contributed by atoms with van der Waals surface area (Å²) in [7, 11) is 0. The molecular formula is C43H54N2O13. The van der Waals surface area contributed by atoms with Crippen molar-refractivity contribution in [2.45, 2.75) is 128 Å². The first kappa shape index (κ1) is 42.9. The summed E-state index contributed by atoms with van der Waals surface area (Å²) >= 11 is 0. The van der Waals surface area contributed by atoms with Crippen LogP contribution in [0.3, 0.4) is 0 Å². The van der Waals surface area contributed by atoms with Crippen LogP contribution >= 0.6 is 0 Å². The summed E-state index contributed by atoms with van der Waals surface area (Å²) in [5, 5.41) is 54.8. The van der Waals surface area contributed by atoms with Gasteiger partial charge in [-0.05, 0) is 69.9 Å². The quantitative estimate of drug-likeness (QED) is 0.128. The van der Waals surface area contributed by atoms with E-state index in [2.05, 4.69) is 10.6 Å². The Hall–Kier alpha value is -4.67. The van der Waals surface area contributed by atoms with Gasteiger partial charge in [-0.25, -0.2) is 14.4 Å². The normalized spacial score (nSPS) is 33.7. The molecule has 0 spiro atoms. The molecule has 6 N–H and O–H groups in total. The minimum absolute atomic E-state index is 0.0403. The summed E-state index contributed by atoms with van der Waals surface area (Å²) in [6.45, 7) is 12.1. The number of aliphatic hydroxyl groups is 4. The number of hydrogen-bond acceptors (Lipinski definition) is 14. The molecule has 0 radical (unpaired) electrons. The van der Waals surface area contributed by atoms with Gasteiger partial charge in [0.2, 0.25) is 0 Å². The van der Waals surface area contributed by atoms with Gasteiger partial charge in [-0.3, -0.25) is 9.59 Å². The van der Waals surface area contributed by atoms with Crippen LogP contribution in [0.4, 0.5) is 4.79 Å². The van der Waals surface area contributed by atoms with E-state index in [9.17, 15) is 44.4 Å². The average molecular weight is 807 g/mol. The van der Waals surface area contributed by atoms with Crippen LogP contribution in [0.1, 0.15) is 90.2 Å². The van der Waals surface area contributed by atoms with E-state index in [0.29, 0.717) is 5.56 Å². The Morgan fingerprint density at radius 1 is 0.948 bits per heavy atom. The van der Waals surface area contributed by atoms with Crippen LogP contribution in [0.5, 0.6) is 0 Å². The lowest BCUT2D eigenvalue weighted by Gasteiger charge is -2.68. The molecule has 15 heteroatoms. The maximum absolute atomic E-state index is 15.0. The molecule has 2 bridgehead atoms. The smallest absolute Gasteiger partial charge is 0.408 e. The summed E-state index contributed by atoms with van der Waals surface area (Å²) in [5.74, 6) is -5.20. The van der Waals surface area contributed by atoms with Gasteiger partial charge in [0.15, 0.2) is 11.9 Å². The molecule has 2 aromatic carbocycles. The van der Waals surface area contributed by atoms with Gasteiger partial charge in [0.05, 0.1) is 35.1 Å². The molecule has 58 heavy (non-hydrogen) atoms. The summed E-state index contributed by atoms with van der Waals surface area (Å²) < 4.78 is 23.8. The number of rotatable bonds is 8. The van der Waals surface area contributed by atoms with Gasteiger partial charge < -0.3 is 50.0 Å². The number of esters is 3. The van der Waals surface area contributed by atoms with Crippen molar-refractivity contribution in [1.82, 2.24) is 10.6 Å². The number of fused-ring (bicyclic) bond motifs is 5. The van der Waals surface area contributed by atoms with E-state index in [-0.39, 0.29) is 29.7 Å². The van der Waals surface area contributed by atoms with Gasteiger partial charge in [0, 0.05) is 25.3 Å². The summed E-state index contributed by atoms with van der Waals surface area (Å²) in [6.07, 6.45) is -10.2. The minimum atomic E-state index is -2.33. The van der Waals surface area contributed by atoms with Gasteiger partial charge in [-0.2, -0.15) is 0 Å². The largest absolute Gasteiger partial charge is 0.456 e. The Morgan fingerprint density at radius 3 is 2.10 bits per heavy atom. The van der Waals surface area contributed by atoms with Crippen LogP contribution in [-0.4, -0.2) is 110 Å². The molecule has 1 aliphatic heterocycles. The first-order valence-electron chi connectivity index (χ1n) is 19.5. The Morgan fingerprint density at radius 2 is 1.55 bits per heavy atom. The van der Waals surface area contributed by atoms with Crippen LogP contribution in [0, 0.1) is 16.7 Å². The molecule has 0 unspecified atom stereocenters. The van der Waals surface area contributed by atoms with Crippen molar-refractivity contribution in [2.24, 2.45) is 16.7 Å². The molecule has 3 aliphatic carbocycles. The van der Waals surface area contributed by atoms with Crippen LogP contribution in [0.2, 0.25) is 0 Å². The number of ether oxygens (including phenoxy) is 4. The molecule has 2 saturated carbocycles. The third-order valence-corrected chi connectivity index (χ3v) is 12.7. The van der Waals surface area contributed by atoms with Gasteiger partial charge in [0.1, 0.15) is 35.1 Å². The lowest BCUT2D eigenvalue weighted by molar-refractivity contribution is -0.283. The number of carbonyl (C=O) groups excluding carboxylic acids is 5. The molecule has 1 heterocycles. The predicted molar refractivity (Wildman–Crippen MR) is 206 cm³/mol. The third-order valence-electron chi connectivity index (χ3n) is 12.7. The number of nitrogens with one attached hydrogen (secondary N) is 2. The second kappa shape index (κ2) is 15.2. The van der Waals surface area contributed by atoms with Crippen molar-refractivity contribution in [3.05, 3.63) is 82.9 Å². The van der Waals surface area contributed by atoms with Gasteiger partial charge in [0.25, 0.3) is 0 Å². The lowest BCUT2D eigenvalue weighted by Crippen LogP contribution is -2.85. The molecule has 6 rings (SSSR count). The maximum Gasteiger partial charge on any atom is 0.408 e. The van der Waals surface area contributed by atoms with E-state index in [1.807, 2.05) is 0 Å². The Kier molecular flexibility index (Phi) is 11.2. The van der Waals surface area contributed by atoms with Crippen LogP contribution < -0.4 is 10.6 Å². The lowest BCUT2D eigenvalue weighted by atomic mass is 9.44. The maximum atomic E-state index is 15.0. The fourth-order valence-electron chi connectivity index (χ4n) is 9.73. The van der Waals surface area contributed by atoms with Crippen molar-refractivity contribution in [2.75, 3.05) is 6.54 Å². The van der Waals surface area contributed by atoms with Crippen molar-refractivity contribution in [3.63, 3.8) is 0 Å². The molecular weight excluding hydrogens is 752 g/mol. The van der Waals surface area contributed by atoms with E-state index in [4.69, 9.17) is 18.9 Å². The van der Waals surface area contributed by atoms with Crippen LogP contribution in [0.25, 0.3) is 0 Å². The fourth-order valence-corrected chi connectivity index (χ4v) is 9.73. The monoisotopic (exact) mass is 806 g/mol. The third kappa shape index (κ3) is 7.10. The highest BCUT2D eigenvalue weighted by molar-refractivity contribution is 5.94. The molecule has 3 fully saturated rings. The van der Waals surface area contributed by atoms with Gasteiger partial charge in [-0.15, -0.1) is 0 Å². The Balaban J connectivity index is 1.49. The van der Waals surface area contributed by atoms with E-state index < -0.39 is 112 Å². The molecule has 15 nitrogen and oxygen atoms in total. The number of amides is 1. The van der Waals surface area contributed by atoms with Crippen LogP contribution in [-0.2, 0) is 33.3 Å². The van der Waals surface area contributed by atoms with Crippen molar-refractivity contribution in [1.29, 1.82) is 0 Å². The van der Waals surface area contributed by atoms with E-state index in [0.717, 1.165) is 0 Å². The van der Waals surface area contributed by atoms with Gasteiger partial charge in [-0.1, -0.05) is 62.4 Å². The highest BCUT2D eigenvalue weighted by Gasteiger charge is 2.77. The highest BCUT2D eigenvalue weighted by Crippen LogP contribution is 2.63. The molecule has 2 aromatic rings. The zero-order valence-corrected chi connectivity index (χ0v) is 34.0. The average Bonchev–Trinajstić information content (AvgIpc) is 3.14. The van der Waals surface area contributed by atoms with Crippen molar-refractivity contribution < 1.29 is 63.3 Å². The Bertz CT molecular complexity index is 1980. The van der Waals surface area contributed by atoms with E-state index >= 15 is 0 Å². The summed E-state index contributed by atoms with van der Waals surface area (Å²) in [6, 6.07) is 14.0. The number of hydrogen-bond donors (Lipinski definition) is 6.